The Bertz CT molecular complexity index is 1010. The van der Waals surface area contributed by atoms with E-state index in [9.17, 15) is 0 Å². The fourth-order valence-corrected chi connectivity index (χ4v) is 6.43. The van der Waals surface area contributed by atoms with Crippen LogP contribution in [-0.4, -0.2) is 4.98 Å². The van der Waals surface area contributed by atoms with E-state index in [1.807, 2.05) is 0 Å². The number of nitrogens with one attached hydrogen (secondary N) is 1. The largest absolute Gasteiger partial charge is 0.355 e. The Kier molecular flexibility index (Phi) is 3.20. The Balaban J connectivity index is 1.62. The highest BCUT2D eigenvalue weighted by molar-refractivity contribution is 5.93. The van der Waals surface area contributed by atoms with E-state index in [-0.39, 0.29) is 10.8 Å². The Morgan fingerprint density at radius 2 is 1.56 bits per heavy atom. The minimum absolute atomic E-state index is 0.125. The zero-order chi connectivity index (χ0) is 19.5. The molecule has 27 heavy (non-hydrogen) atoms. The van der Waals surface area contributed by atoms with Gasteiger partial charge in [0.1, 0.15) is 0 Å². The normalized spacial score (nSPS) is 23.9. The van der Waals surface area contributed by atoms with Crippen LogP contribution in [0.4, 0.5) is 0 Å². The number of hydrogen-bond acceptors (Lipinski definition) is 0. The fourth-order valence-electron chi connectivity index (χ4n) is 6.43. The predicted molar refractivity (Wildman–Crippen MR) is 116 cm³/mol. The summed E-state index contributed by atoms with van der Waals surface area (Å²) in [5.41, 5.74) is 15.8. The van der Waals surface area contributed by atoms with Crippen LogP contribution in [-0.2, 0) is 11.8 Å². The highest BCUT2D eigenvalue weighted by Gasteiger charge is 2.48. The lowest BCUT2D eigenvalue weighted by Crippen LogP contribution is -2.19. The van der Waals surface area contributed by atoms with Crippen molar-refractivity contribution in [2.24, 2.45) is 17.3 Å². The number of aromatic amines is 1. The number of fused-ring (bicyclic) bond motifs is 5. The number of hydrogen-bond donors (Lipinski definition) is 1. The van der Waals surface area contributed by atoms with Gasteiger partial charge in [0.25, 0.3) is 0 Å². The van der Waals surface area contributed by atoms with Gasteiger partial charge >= 0.3 is 0 Å². The molecule has 0 spiro atoms. The van der Waals surface area contributed by atoms with Crippen molar-refractivity contribution in [3.63, 3.8) is 0 Å². The zero-order valence-electron chi connectivity index (χ0n) is 18.2. The van der Waals surface area contributed by atoms with Gasteiger partial charge in [0.2, 0.25) is 0 Å². The predicted octanol–water partition coefficient (Wildman–Crippen LogP) is 6.98. The molecular formula is C26H33N. The monoisotopic (exact) mass is 359 g/mol. The first-order valence-corrected chi connectivity index (χ1v) is 10.7. The van der Waals surface area contributed by atoms with Crippen molar-refractivity contribution in [1.82, 2.24) is 4.98 Å². The van der Waals surface area contributed by atoms with Gasteiger partial charge in [0.15, 0.2) is 0 Å². The van der Waals surface area contributed by atoms with Gasteiger partial charge in [0.05, 0.1) is 0 Å². The van der Waals surface area contributed by atoms with E-state index < -0.39 is 0 Å². The Hall–Kier alpha value is -1.76. The molecule has 4 aliphatic carbocycles. The molecule has 0 unspecified atom stereocenters. The quantitative estimate of drug-likeness (QED) is 0.586. The maximum absolute atomic E-state index is 3.96. The second-order valence-electron chi connectivity index (χ2n) is 10.8. The van der Waals surface area contributed by atoms with Crippen LogP contribution in [0.2, 0.25) is 0 Å². The van der Waals surface area contributed by atoms with Gasteiger partial charge in [-0.2, -0.15) is 0 Å². The van der Waals surface area contributed by atoms with E-state index >= 15 is 0 Å². The molecule has 0 aliphatic heterocycles. The van der Waals surface area contributed by atoms with Crippen molar-refractivity contribution >= 4 is 11.1 Å². The molecule has 5 rings (SSSR count). The van der Waals surface area contributed by atoms with E-state index in [2.05, 4.69) is 72.5 Å². The molecule has 0 aromatic carbocycles. The van der Waals surface area contributed by atoms with E-state index in [1.54, 1.807) is 44.6 Å². The molecule has 1 aromatic rings. The molecule has 1 heterocycles. The summed E-state index contributed by atoms with van der Waals surface area (Å²) in [4.78, 5) is 3.96. The Morgan fingerprint density at radius 1 is 0.852 bits per heavy atom. The minimum atomic E-state index is 0.125. The van der Waals surface area contributed by atoms with Crippen LogP contribution in [0.5, 0.6) is 0 Å². The first-order valence-electron chi connectivity index (χ1n) is 10.7. The fraction of sp³-hybridized carbons (Fsp3) is 0.538. The van der Waals surface area contributed by atoms with Gasteiger partial charge in [-0.05, 0) is 51.7 Å². The average molecular weight is 360 g/mol. The Labute approximate surface area is 164 Å². The first kappa shape index (κ1) is 17.3. The lowest BCUT2D eigenvalue weighted by atomic mass is 9.74. The molecule has 0 atom stereocenters. The summed E-state index contributed by atoms with van der Waals surface area (Å²) in [6.07, 6.45) is 7.27. The highest BCUT2D eigenvalue weighted by atomic mass is 14.8. The molecule has 1 aromatic heterocycles. The molecule has 1 nitrogen and oxygen atoms in total. The topological polar surface area (TPSA) is 15.8 Å². The van der Waals surface area contributed by atoms with Gasteiger partial charge in [-0.25, -0.2) is 0 Å². The van der Waals surface area contributed by atoms with E-state index in [4.69, 9.17) is 0 Å². The summed E-state index contributed by atoms with van der Waals surface area (Å²) in [5.74, 6) is 1.24. The van der Waals surface area contributed by atoms with Gasteiger partial charge in [0, 0.05) is 28.6 Å². The third kappa shape index (κ3) is 1.96. The van der Waals surface area contributed by atoms with E-state index in [0.29, 0.717) is 11.8 Å². The molecule has 0 fully saturated rings. The van der Waals surface area contributed by atoms with E-state index in [1.165, 1.54) is 11.4 Å². The third-order valence-corrected chi connectivity index (χ3v) is 7.72. The van der Waals surface area contributed by atoms with Crippen molar-refractivity contribution in [3.05, 3.63) is 57.0 Å². The molecule has 0 radical (unpaired) electrons. The zero-order valence-corrected chi connectivity index (χ0v) is 18.2. The molecule has 4 aliphatic rings. The highest BCUT2D eigenvalue weighted by Crippen LogP contribution is 2.61. The summed E-state index contributed by atoms with van der Waals surface area (Å²) in [5, 5.41) is 0. The minimum Gasteiger partial charge on any atom is -0.355 e. The molecule has 142 valence electrons. The lowest BCUT2D eigenvalue weighted by molar-refractivity contribution is 0.530. The van der Waals surface area contributed by atoms with Gasteiger partial charge < -0.3 is 4.98 Å². The smallest absolute Gasteiger partial charge is 0.0468 e. The summed E-state index contributed by atoms with van der Waals surface area (Å²) in [6, 6.07) is 0. The van der Waals surface area contributed by atoms with E-state index in [0.717, 1.165) is 12.8 Å². The van der Waals surface area contributed by atoms with Crippen LogP contribution in [0.25, 0.3) is 11.1 Å². The van der Waals surface area contributed by atoms with Gasteiger partial charge in [-0.15, -0.1) is 0 Å². The van der Waals surface area contributed by atoms with Crippen LogP contribution in [0.1, 0.15) is 84.3 Å². The van der Waals surface area contributed by atoms with Crippen molar-refractivity contribution < 1.29 is 0 Å². The van der Waals surface area contributed by atoms with Crippen LogP contribution in [0.15, 0.2) is 34.4 Å². The molecule has 0 bridgehead atoms. The number of H-pyrrole nitrogens is 1. The maximum atomic E-state index is 3.96. The summed E-state index contributed by atoms with van der Waals surface area (Å²) in [6.45, 7) is 19.0. The van der Waals surface area contributed by atoms with Crippen LogP contribution >= 0.6 is 0 Å². The summed E-state index contributed by atoms with van der Waals surface area (Å²) in [7, 11) is 0. The SMILES string of the molecule is CC(C)C1=CC2=C(C1)c1[nH]c3c(c1C2(C)C)CC1=C3C(C)(C)C(C(C)C)=C1. The molecule has 1 N–H and O–H groups in total. The van der Waals surface area contributed by atoms with Crippen molar-refractivity contribution in [3.8, 4) is 0 Å². The van der Waals surface area contributed by atoms with Gasteiger partial charge in [-0.1, -0.05) is 78.7 Å². The number of allylic oxidation sites excluding steroid dienone is 8. The second kappa shape index (κ2) is 4.99. The van der Waals surface area contributed by atoms with Crippen molar-refractivity contribution in [2.45, 2.75) is 73.6 Å². The summed E-state index contributed by atoms with van der Waals surface area (Å²) < 4.78 is 0. The van der Waals surface area contributed by atoms with Gasteiger partial charge in [-0.3, -0.25) is 0 Å². The number of rotatable bonds is 2. The Morgan fingerprint density at radius 3 is 2.19 bits per heavy atom. The van der Waals surface area contributed by atoms with Crippen molar-refractivity contribution in [2.75, 3.05) is 0 Å². The average Bonchev–Trinajstić information content (AvgIpc) is 3.26. The molecule has 0 amide bonds. The van der Waals surface area contributed by atoms with Crippen LogP contribution in [0.3, 0.4) is 0 Å². The standard InChI is InChI=1S/C26H33N/c1-13(2)15-9-17-20(11-15)26(7,8)22-18-10-16-12-19(14(3)4)25(5,6)21(16)24(18)27-23(17)22/h11-14,27H,9-10H2,1-8H3. The first-order chi connectivity index (χ1) is 12.5. The molecule has 0 saturated carbocycles. The third-order valence-electron chi connectivity index (χ3n) is 7.72. The number of aromatic nitrogens is 1. The van der Waals surface area contributed by atoms with Crippen LogP contribution < -0.4 is 0 Å². The second-order valence-corrected chi connectivity index (χ2v) is 10.8. The van der Waals surface area contributed by atoms with Crippen LogP contribution in [0, 0.1) is 17.3 Å². The lowest BCUT2D eigenvalue weighted by Gasteiger charge is -2.29. The molecular weight excluding hydrogens is 326 g/mol. The summed E-state index contributed by atoms with van der Waals surface area (Å²) >= 11 is 0. The molecule has 0 saturated heterocycles. The molecule has 1 heteroatoms. The maximum Gasteiger partial charge on any atom is 0.0468 e. The van der Waals surface area contributed by atoms with Crippen molar-refractivity contribution in [1.29, 1.82) is 0 Å².